The van der Waals surface area contributed by atoms with E-state index >= 15 is 0 Å². The van der Waals surface area contributed by atoms with Gasteiger partial charge in [0.05, 0.1) is 11.6 Å². The first kappa shape index (κ1) is 13.2. The van der Waals surface area contributed by atoms with Crippen molar-refractivity contribution in [2.75, 3.05) is 0 Å². The molecule has 2 nitrogen and oxygen atoms in total. The lowest BCUT2D eigenvalue weighted by Crippen LogP contribution is -2.05. The van der Waals surface area contributed by atoms with Gasteiger partial charge in [-0.3, -0.25) is 0 Å². The van der Waals surface area contributed by atoms with Gasteiger partial charge in [0, 0.05) is 5.56 Å². The molecule has 0 heterocycles. The number of aliphatic hydroxyl groups is 1. The predicted molar refractivity (Wildman–Crippen MR) is 66.3 cm³/mol. The molecule has 0 saturated heterocycles. The van der Waals surface area contributed by atoms with Crippen LogP contribution in [-0.2, 0) is 0 Å². The summed E-state index contributed by atoms with van der Waals surface area (Å²) in [4.78, 5) is 0. The van der Waals surface area contributed by atoms with Gasteiger partial charge in [-0.2, -0.15) is 5.26 Å². The summed E-state index contributed by atoms with van der Waals surface area (Å²) in [5, 5.41) is 18.9. The lowest BCUT2D eigenvalue weighted by Gasteiger charge is -2.13. The maximum atomic E-state index is 13.8. The lowest BCUT2D eigenvalue weighted by molar-refractivity contribution is 0.213. The van der Waals surface area contributed by atoms with Crippen molar-refractivity contribution >= 4 is 0 Å². The van der Waals surface area contributed by atoms with Crippen molar-refractivity contribution < 1.29 is 13.9 Å². The van der Waals surface area contributed by atoms with Crippen LogP contribution in [0.2, 0.25) is 0 Å². The molecule has 0 aliphatic carbocycles. The second-order valence-electron chi connectivity index (χ2n) is 4.24. The number of rotatable bonds is 2. The Hall–Kier alpha value is -2.25. The molecule has 1 unspecified atom stereocenters. The van der Waals surface area contributed by atoms with E-state index in [2.05, 4.69) is 0 Å². The fraction of sp³-hybridized carbons (Fsp3) is 0.133. The van der Waals surface area contributed by atoms with Gasteiger partial charge in [-0.1, -0.05) is 24.3 Å². The van der Waals surface area contributed by atoms with E-state index in [0.29, 0.717) is 11.1 Å². The third-order valence-corrected chi connectivity index (χ3v) is 2.93. The molecule has 0 aliphatic heterocycles. The Morgan fingerprint density at radius 2 is 1.89 bits per heavy atom. The van der Waals surface area contributed by atoms with Crippen molar-refractivity contribution in [3.8, 4) is 6.07 Å². The average Bonchev–Trinajstić information content (AvgIpc) is 2.44. The molecule has 0 aromatic heterocycles. The molecule has 0 aliphatic rings. The van der Waals surface area contributed by atoms with Crippen molar-refractivity contribution in [3.63, 3.8) is 0 Å². The molecule has 1 N–H and O–H groups in total. The van der Waals surface area contributed by atoms with Gasteiger partial charge in [0.25, 0.3) is 0 Å². The predicted octanol–water partition coefficient (Wildman–Crippen LogP) is 3.23. The van der Waals surface area contributed by atoms with E-state index in [1.165, 1.54) is 25.1 Å². The Morgan fingerprint density at radius 3 is 2.58 bits per heavy atom. The van der Waals surface area contributed by atoms with Gasteiger partial charge < -0.3 is 5.11 Å². The number of aliphatic hydroxyl groups excluding tert-OH is 1. The van der Waals surface area contributed by atoms with E-state index in [-0.39, 0.29) is 11.1 Å². The Morgan fingerprint density at radius 1 is 1.16 bits per heavy atom. The molecule has 0 fully saturated rings. The number of halogens is 2. The van der Waals surface area contributed by atoms with Gasteiger partial charge in [-0.15, -0.1) is 0 Å². The zero-order valence-corrected chi connectivity index (χ0v) is 10.2. The van der Waals surface area contributed by atoms with Gasteiger partial charge >= 0.3 is 0 Å². The number of nitriles is 1. The molecular formula is C15H11F2NO. The standard InChI is InChI=1S/C15H11F2NO/c1-9-5-6-12(14(17)13(9)16)15(19)11-4-2-3-10(7-11)8-18/h2-7,15,19H,1H3. The first-order valence-electron chi connectivity index (χ1n) is 5.67. The van der Waals surface area contributed by atoms with E-state index in [4.69, 9.17) is 5.26 Å². The normalized spacial score (nSPS) is 11.9. The molecule has 0 bridgehead atoms. The number of hydrogen-bond donors (Lipinski definition) is 1. The molecule has 2 rings (SSSR count). The highest BCUT2D eigenvalue weighted by Gasteiger charge is 2.19. The van der Waals surface area contributed by atoms with E-state index in [1.807, 2.05) is 6.07 Å². The highest BCUT2D eigenvalue weighted by Crippen LogP contribution is 2.27. The Kier molecular flexibility index (Phi) is 3.59. The van der Waals surface area contributed by atoms with Gasteiger partial charge in [0.1, 0.15) is 6.10 Å². The Labute approximate surface area is 109 Å². The third kappa shape index (κ3) is 2.47. The number of aryl methyl sites for hydroxylation is 1. The van der Waals surface area contributed by atoms with Crippen molar-refractivity contribution in [2.45, 2.75) is 13.0 Å². The topological polar surface area (TPSA) is 44.0 Å². The van der Waals surface area contributed by atoms with E-state index in [9.17, 15) is 13.9 Å². The van der Waals surface area contributed by atoms with Crippen LogP contribution in [0.3, 0.4) is 0 Å². The minimum atomic E-state index is -1.30. The molecule has 19 heavy (non-hydrogen) atoms. The molecule has 0 radical (unpaired) electrons. The summed E-state index contributed by atoms with van der Waals surface area (Å²) in [5.74, 6) is -2.03. The van der Waals surface area contributed by atoms with Gasteiger partial charge in [-0.05, 0) is 30.2 Å². The fourth-order valence-electron chi connectivity index (χ4n) is 1.83. The van der Waals surface area contributed by atoms with Gasteiger partial charge in [0.15, 0.2) is 11.6 Å². The zero-order chi connectivity index (χ0) is 14.0. The smallest absolute Gasteiger partial charge is 0.165 e. The van der Waals surface area contributed by atoms with Crippen LogP contribution in [0.4, 0.5) is 8.78 Å². The second-order valence-corrected chi connectivity index (χ2v) is 4.24. The number of hydrogen-bond acceptors (Lipinski definition) is 2. The first-order valence-corrected chi connectivity index (χ1v) is 5.67. The van der Waals surface area contributed by atoms with Crippen LogP contribution >= 0.6 is 0 Å². The maximum absolute atomic E-state index is 13.8. The zero-order valence-electron chi connectivity index (χ0n) is 10.2. The lowest BCUT2D eigenvalue weighted by atomic mass is 9.98. The summed E-state index contributed by atoms with van der Waals surface area (Å²) in [7, 11) is 0. The van der Waals surface area contributed by atoms with Crippen LogP contribution in [0.5, 0.6) is 0 Å². The second kappa shape index (κ2) is 5.17. The SMILES string of the molecule is Cc1ccc(C(O)c2cccc(C#N)c2)c(F)c1F. The molecule has 0 spiro atoms. The number of benzene rings is 2. The van der Waals surface area contributed by atoms with Crippen molar-refractivity contribution in [3.05, 3.63) is 70.3 Å². The highest BCUT2D eigenvalue weighted by molar-refractivity contribution is 5.38. The molecule has 96 valence electrons. The molecule has 4 heteroatoms. The molecule has 1 atom stereocenters. The van der Waals surface area contributed by atoms with Gasteiger partial charge in [0.2, 0.25) is 0 Å². The van der Waals surface area contributed by atoms with Crippen molar-refractivity contribution in [1.29, 1.82) is 5.26 Å². The van der Waals surface area contributed by atoms with Crippen LogP contribution < -0.4 is 0 Å². The van der Waals surface area contributed by atoms with Crippen LogP contribution in [0.15, 0.2) is 36.4 Å². The van der Waals surface area contributed by atoms with E-state index in [0.717, 1.165) is 0 Å². The van der Waals surface area contributed by atoms with Crippen molar-refractivity contribution in [2.24, 2.45) is 0 Å². The maximum Gasteiger partial charge on any atom is 0.165 e. The fourth-order valence-corrected chi connectivity index (χ4v) is 1.83. The van der Waals surface area contributed by atoms with Crippen LogP contribution in [-0.4, -0.2) is 5.11 Å². The Bertz CT molecular complexity index is 662. The summed E-state index contributed by atoms with van der Waals surface area (Å²) < 4.78 is 27.3. The van der Waals surface area contributed by atoms with Crippen LogP contribution in [0, 0.1) is 29.9 Å². The summed E-state index contributed by atoms with van der Waals surface area (Å²) in [6, 6.07) is 10.8. The molecule has 2 aromatic rings. The summed E-state index contributed by atoms with van der Waals surface area (Å²) in [5.41, 5.74) is 0.739. The Balaban J connectivity index is 2.47. The highest BCUT2D eigenvalue weighted by atomic mass is 19.2. The van der Waals surface area contributed by atoms with Crippen LogP contribution in [0.1, 0.15) is 28.4 Å². The monoisotopic (exact) mass is 259 g/mol. The summed E-state index contributed by atoms with van der Waals surface area (Å²) in [6.45, 7) is 1.45. The largest absolute Gasteiger partial charge is 0.384 e. The number of nitrogens with zero attached hydrogens (tertiary/aromatic N) is 1. The van der Waals surface area contributed by atoms with E-state index in [1.54, 1.807) is 18.2 Å². The molecule has 2 aromatic carbocycles. The minimum Gasteiger partial charge on any atom is -0.384 e. The molecule has 0 amide bonds. The molecular weight excluding hydrogens is 248 g/mol. The van der Waals surface area contributed by atoms with Crippen molar-refractivity contribution in [1.82, 2.24) is 0 Å². The first-order chi connectivity index (χ1) is 9.04. The summed E-state index contributed by atoms with van der Waals surface area (Å²) in [6.07, 6.45) is -1.30. The summed E-state index contributed by atoms with van der Waals surface area (Å²) >= 11 is 0. The van der Waals surface area contributed by atoms with Crippen LogP contribution in [0.25, 0.3) is 0 Å². The average molecular weight is 259 g/mol. The van der Waals surface area contributed by atoms with E-state index < -0.39 is 17.7 Å². The minimum absolute atomic E-state index is 0.141. The third-order valence-electron chi connectivity index (χ3n) is 2.93. The molecule has 0 saturated carbocycles. The quantitative estimate of drug-likeness (QED) is 0.899. The van der Waals surface area contributed by atoms with Gasteiger partial charge in [-0.25, -0.2) is 8.78 Å².